The minimum absolute atomic E-state index is 0.0121. The van der Waals surface area contributed by atoms with Crippen molar-refractivity contribution in [2.75, 3.05) is 41.4 Å². The van der Waals surface area contributed by atoms with Gasteiger partial charge in [0.2, 0.25) is 0 Å². The standard InChI is InChI=1S/C9H21NO4P/c1-10(2)7-5-9(6-8-10)14-15(11,12-3)13-4/h9H,5-8H2,1-4H3/q+1. The Morgan fingerprint density at radius 2 is 1.60 bits per heavy atom. The Morgan fingerprint density at radius 1 is 1.13 bits per heavy atom. The predicted octanol–water partition coefficient (Wildman–Crippen LogP) is 1.64. The van der Waals surface area contributed by atoms with Gasteiger partial charge in [-0.15, -0.1) is 0 Å². The first-order valence-electron chi connectivity index (χ1n) is 5.13. The maximum atomic E-state index is 11.7. The van der Waals surface area contributed by atoms with Gasteiger partial charge >= 0.3 is 7.82 Å². The highest BCUT2D eigenvalue weighted by atomic mass is 31.2. The second-order valence-electron chi connectivity index (χ2n) is 4.50. The van der Waals surface area contributed by atoms with Crippen LogP contribution < -0.4 is 0 Å². The van der Waals surface area contributed by atoms with Gasteiger partial charge in [0, 0.05) is 27.1 Å². The van der Waals surface area contributed by atoms with Gasteiger partial charge in [0.05, 0.1) is 33.3 Å². The van der Waals surface area contributed by atoms with Crippen molar-refractivity contribution in [1.29, 1.82) is 0 Å². The lowest BCUT2D eigenvalue weighted by Crippen LogP contribution is -2.47. The van der Waals surface area contributed by atoms with Crippen LogP contribution in [0.15, 0.2) is 0 Å². The molecule has 0 atom stereocenters. The molecular weight excluding hydrogens is 217 g/mol. The summed E-state index contributed by atoms with van der Waals surface area (Å²) in [5.41, 5.74) is 0. The van der Waals surface area contributed by atoms with Gasteiger partial charge in [-0.2, -0.15) is 0 Å². The van der Waals surface area contributed by atoms with Crippen LogP contribution in [0.25, 0.3) is 0 Å². The van der Waals surface area contributed by atoms with Gasteiger partial charge in [0.1, 0.15) is 0 Å². The van der Waals surface area contributed by atoms with E-state index >= 15 is 0 Å². The minimum atomic E-state index is -3.30. The molecule has 0 saturated carbocycles. The van der Waals surface area contributed by atoms with E-state index < -0.39 is 7.82 Å². The van der Waals surface area contributed by atoms with E-state index in [1.54, 1.807) is 0 Å². The van der Waals surface area contributed by atoms with Crippen molar-refractivity contribution < 1.29 is 22.6 Å². The molecule has 1 heterocycles. The summed E-state index contributed by atoms with van der Waals surface area (Å²) in [7, 11) is 3.75. The average Bonchev–Trinajstić information content (AvgIpc) is 2.21. The summed E-state index contributed by atoms with van der Waals surface area (Å²) in [6.07, 6.45) is 1.77. The van der Waals surface area contributed by atoms with E-state index in [-0.39, 0.29) is 6.10 Å². The summed E-state index contributed by atoms with van der Waals surface area (Å²) >= 11 is 0. The number of quaternary nitrogens is 1. The third-order valence-electron chi connectivity index (χ3n) is 2.84. The first-order chi connectivity index (χ1) is 6.91. The molecule has 0 bridgehead atoms. The smallest absolute Gasteiger partial charge is 0.328 e. The zero-order valence-electron chi connectivity index (χ0n) is 9.93. The van der Waals surface area contributed by atoms with Crippen molar-refractivity contribution in [2.45, 2.75) is 18.9 Å². The maximum Gasteiger partial charge on any atom is 0.474 e. The van der Waals surface area contributed by atoms with E-state index in [0.29, 0.717) is 0 Å². The number of piperidine rings is 1. The zero-order valence-corrected chi connectivity index (χ0v) is 10.8. The second-order valence-corrected chi connectivity index (χ2v) is 6.34. The molecule has 0 radical (unpaired) electrons. The molecule has 0 aromatic heterocycles. The van der Waals surface area contributed by atoms with E-state index in [0.717, 1.165) is 30.4 Å². The minimum Gasteiger partial charge on any atom is -0.328 e. The fourth-order valence-electron chi connectivity index (χ4n) is 1.69. The summed E-state index contributed by atoms with van der Waals surface area (Å²) in [4.78, 5) is 0. The van der Waals surface area contributed by atoms with Crippen molar-refractivity contribution in [3.8, 4) is 0 Å². The molecule has 0 N–H and O–H groups in total. The van der Waals surface area contributed by atoms with Crippen LogP contribution in [-0.2, 0) is 18.1 Å². The predicted molar refractivity (Wildman–Crippen MR) is 57.6 cm³/mol. The van der Waals surface area contributed by atoms with Crippen LogP contribution in [0.1, 0.15) is 12.8 Å². The molecule has 15 heavy (non-hydrogen) atoms. The van der Waals surface area contributed by atoms with E-state index in [4.69, 9.17) is 13.6 Å². The molecule has 1 fully saturated rings. The molecule has 1 saturated heterocycles. The van der Waals surface area contributed by atoms with Crippen molar-refractivity contribution in [2.24, 2.45) is 0 Å². The molecule has 1 aliphatic heterocycles. The summed E-state index contributed by atoms with van der Waals surface area (Å²) in [5, 5.41) is 0. The quantitative estimate of drug-likeness (QED) is 0.551. The molecule has 0 spiro atoms. The van der Waals surface area contributed by atoms with Gasteiger partial charge in [-0.1, -0.05) is 0 Å². The monoisotopic (exact) mass is 238 g/mol. The number of phosphoric acid groups is 1. The maximum absolute atomic E-state index is 11.7. The van der Waals surface area contributed by atoms with E-state index in [1.165, 1.54) is 14.2 Å². The molecule has 0 unspecified atom stereocenters. The Balaban J connectivity index is 2.45. The van der Waals surface area contributed by atoms with Crippen molar-refractivity contribution in [3.05, 3.63) is 0 Å². The van der Waals surface area contributed by atoms with Crippen molar-refractivity contribution >= 4 is 7.82 Å². The number of phosphoric ester groups is 1. The Morgan fingerprint density at radius 3 is 2.00 bits per heavy atom. The Hall–Kier alpha value is 0.0700. The van der Waals surface area contributed by atoms with Gasteiger partial charge < -0.3 is 4.48 Å². The van der Waals surface area contributed by atoms with Crippen molar-refractivity contribution in [1.82, 2.24) is 0 Å². The SMILES string of the molecule is COP(=O)(OC)OC1CC[N+](C)(C)CC1. The van der Waals surface area contributed by atoms with Crippen LogP contribution in [0.2, 0.25) is 0 Å². The van der Waals surface area contributed by atoms with Crippen LogP contribution >= 0.6 is 7.82 Å². The lowest BCUT2D eigenvalue weighted by Gasteiger charge is -2.37. The highest BCUT2D eigenvalue weighted by molar-refractivity contribution is 7.48. The van der Waals surface area contributed by atoms with E-state index in [9.17, 15) is 4.57 Å². The molecule has 5 nitrogen and oxygen atoms in total. The number of hydrogen-bond donors (Lipinski definition) is 0. The van der Waals surface area contributed by atoms with Crippen LogP contribution in [0, 0.1) is 0 Å². The molecule has 0 aromatic carbocycles. The molecule has 0 aliphatic carbocycles. The third-order valence-corrected chi connectivity index (χ3v) is 4.29. The fourth-order valence-corrected chi connectivity index (χ4v) is 2.59. The molecule has 0 aromatic rings. The Kier molecular flexibility index (Phi) is 4.32. The Bertz CT molecular complexity index is 238. The summed E-state index contributed by atoms with van der Waals surface area (Å²) in [5.74, 6) is 0. The van der Waals surface area contributed by atoms with Gasteiger partial charge in [-0.3, -0.25) is 13.6 Å². The van der Waals surface area contributed by atoms with Gasteiger partial charge in [0.25, 0.3) is 0 Å². The zero-order chi connectivity index (χ0) is 11.5. The van der Waals surface area contributed by atoms with Crippen LogP contribution in [0.4, 0.5) is 0 Å². The largest absolute Gasteiger partial charge is 0.474 e. The normalized spacial score (nSPS) is 22.9. The number of hydrogen-bond acceptors (Lipinski definition) is 4. The van der Waals surface area contributed by atoms with E-state index in [2.05, 4.69) is 14.1 Å². The molecule has 6 heteroatoms. The number of likely N-dealkylation sites (tertiary alicyclic amines) is 1. The first kappa shape index (κ1) is 13.1. The van der Waals surface area contributed by atoms with Gasteiger partial charge in [-0.25, -0.2) is 4.57 Å². The lowest BCUT2D eigenvalue weighted by molar-refractivity contribution is -0.896. The molecule has 1 rings (SSSR count). The first-order valence-corrected chi connectivity index (χ1v) is 6.59. The second kappa shape index (κ2) is 4.93. The number of rotatable bonds is 4. The molecular formula is C9H21NO4P+. The van der Waals surface area contributed by atoms with Crippen LogP contribution in [-0.4, -0.2) is 52.0 Å². The fraction of sp³-hybridized carbons (Fsp3) is 1.00. The topological polar surface area (TPSA) is 44.8 Å². The van der Waals surface area contributed by atoms with Crippen molar-refractivity contribution in [3.63, 3.8) is 0 Å². The highest BCUT2D eigenvalue weighted by Crippen LogP contribution is 2.49. The average molecular weight is 238 g/mol. The van der Waals surface area contributed by atoms with Gasteiger partial charge in [-0.05, 0) is 0 Å². The lowest BCUT2D eigenvalue weighted by atomic mass is 10.1. The summed E-state index contributed by atoms with van der Waals surface area (Å²) in [6.45, 7) is 2.05. The highest BCUT2D eigenvalue weighted by Gasteiger charge is 2.33. The molecule has 0 amide bonds. The summed E-state index contributed by atoms with van der Waals surface area (Å²) in [6, 6.07) is 0. The third kappa shape index (κ3) is 3.85. The van der Waals surface area contributed by atoms with Gasteiger partial charge in [0.15, 0.2) is 0 Å². The molecule has 90 valence electrons. The van der Waals surface area contributed by atoms with Crippen LogP contribution in [0.5, 0.6) is 0 Å². The van der Waals surface area contributed by atoms with Crippen LogP contribution in [0.3, 0.4) is 0 Å². The molecule has 1 aliphatic rings. The number of nitrogens with zero attached hydrogens (tertiary/aromatic N) is 1. The summed E-state index contributed by atoms with van der Waals surface area (Å²) < 4.78 is 27.6. The van der Waals surface area contributed by atoms with E-state index in [1.807, 2.05) is 0 Å². The Labute approximate surface area is 91.5 Å².